The Morgan fingerprint density at radius 1 is 1.16 bits per heavy atom. The van der Waals surface area contributed by atoms with Crippen molar-refractivity contribution in [3.8, 4) is 0 Å². The zero-order valence-corrected chi connectivity index (χ0v) is 11.8. The number of rotatable bonds is 2. The van der Waals surface area contributed by atoms with Crippen molar-refractivity contribution >= 4 is 28.2 Å². The van der Waals surface area contributed by atoms with E-state index in [1.54, 1.807) is 0 Å². The third-order valence-electron chi connectivity index (χ3n) is 3.92. The first-order chi connectivity index (χ1) is 9.24. The Balaban J connectivity index is 1.90. The van der Waals surface area contributed by atoms with Crippen molar-refractivity contribution in [1.29, 1.82) is 0 Å². The van der Waals surface area contributed by atoms with E-state index in [2.05, 4.69) is 22.4 Å². The molecule has 3 rings (SSSR count). The van der Waals surface area contributed by atoms with E-state index in [1.807, 2.05) is 24.3 Å². The molecule has 1 aliphatic carbocycles. The van der Waals surface area contributed by atoms with Crippen LogP contribution >= 0.6 is 11.6 Å². The Labute approximate surface area is 118 Å². The van der Waals surface area contributed by atoms with E-state index in [9.17, 15) is 0 Å². The quantitative estimate of drug-likeness (QED) is 0.889. The summed E-state index contributed by atoms with van der Waals surface area (Å²) in [5.74, 6) is 1.65. The molecule has 1 aromatic heterocycles. The number of anilines is 1. The van der Waals surface area contributed by atoms with E-state index in [4.69, 9.17) is 11.6 Å². The van der Waals surface area contributed by atoms with Gasteiger partial charge in [0.2, 0.25) is 0 Å². The van der Waals surface area contributed by atoms with Gasteiger partial charge in [-0.05, 0) is 18.8 Å². The summed E-state index contributed by atoms with van der Waals surface area (Å²) in [5.41, 5.74) is 0. The summed E-state index contributed by atoms with van der Waals surface area (Å²) in [7, 11) is 0. The second-order valence-electron chi connectivity index (χ2n) is 5.50. The molecule has 0 bridgehead atoms. The van der Waals surface area contributed by atoms with Crippen molar-refractivity contribution in [3.05, 3.63) is 29.4 Å². The molecular formula is C15H18ClN3. The highest BCUT2D eigenvalue weighted by molar-refractivity contribution is 6.34. The van der Waals surface area contributed by atoms with Gasteiger partial charge in [0.1, 0.15) is 0 Å². The Hall–Kier alpha value is -1.35. The minimum atomic E-state index is 0.471. The summed E-state index contributed by atoms with van der Waals surface area (Å²) >= 11 is 6.09. The molecule has 0 aliphatic heterocycles. The molecule has 1 heterocycles. The fraction of sp³-hybridized carbons (Fsp3) is 0.467. The lowest BCUT2D eigenvalue weighted by Gasteiger charge is -2.28. The molecule has 3 nitrogen and oxygen atoms in total. The molecule has 4 heteroatoms. The first-order valence-corrected chi connectivity index (χ1v) is 7.29. The first kappa shape index (κ1) is 12.7. The van der Waals surface area contributed by atoms with Gasteiger partial charge in [-0.15, -0.1) is 10.2 Å². The van der Waals surface area contributed by atoms with Gasteiger partial charge in [0.15, 0.2) is 11.0 Å². The zero-order valence-electron chi connectivity index (χ0n) is 11.1. The first-order valence-electron chi connectivity index (χ1n) is 6.91. The molecule has 0 spiro atoms. The lowest BCUT2D eigenvalue weighted by molar-refractivity contribution is 0.358. The molecule has 0 saturated heterocycles. The molecule has 1 saturated carbocycles. The van der Waals surface area contributed by atoms with E-state index in [1.165, 1.54) is 25.7 Å². The minimum Gasteiger partial charge on any atom is -0.365 e. The van der Waals surface area contributed by atoms with Crippen LogP contribution in [0.25, 0.3) is 10.8 Å². The Bertz CT molecular complexity index is 585. The van der Waals surface area contributed by atoms with E-state index in [0.29, 0.717) is 11.2 Å². The number of hydrogen-bond acceptors (Lipinski definition) is 3. The van der Waals surface area contributed by atoms with Gasteiger partial charge in [0, 0.05) is 16.8 Å². The monoisotopic (exact) mass is 275 g/mol. The third kappa shape index (κ3) is 2.66. The van der Waals surface area contributed by atoms with Crippen LogP contribution in [0, 0.1) is 5.92 Å². The van der Waals surface area contributed by atoms with Crippen molar-refractivity contribution in [2.75, 3.05) is 5.32 Å². The van der Waals surface area contributed by atoms with Crippen molar-refractivity contribution < 1.29 is 0 Å². The average molecular weight is 276 g/mol. The van der Waals surface area contributed by atoms with E-state index < -0.39 is 0 Å². The van der Waals surface area contributed by atoms with Crippen LogP contribution in [-0.4, -0.2) is 16.2 Å². The SMILES string of the molecule is CC1CCCC(Nc2nnc(Cl)c3ccccc23)C1. The number of nitrogens with one attached hydrogen (secondary N) is 1. The van der Waals surface area contributed by atoms with Gasteiger partial charge in [-0.1, -0.05) is 55.6 Å². The van der Waals surface area contributed by atoms with Gasteiger partial charge in [0.25, 0.3) is 0 Å². The van der Waals surface area contributed by atoms with Crippen LogP contribution in [0.3, 0.4) is 0 Å². The molecule has 19 heavy (non-hydrogen) atoms. The maximum Gasteiger partial charge on any atom is 0.159 e. The fourth-order valence-corrected chi connectivity index (χ4v) is 3.14. The predicted molar refractivity (Wildman–Crippen MR) is 79.6 cm³/mol. The number of benzene rings is 1. The zero-order chi connectivity index (χ0) is 13.2. The van der Waals surface area contributed by atoms with Crippen LogP contribution in [0.5, 0.6) is 0 Å². The normalized spacial score (nSPS) is 23.5. The Morgan fingerprint density at radius 3 is 2.74 bits per heavy atom. The second-order valence-corrected chi connectivity index (χ2v) is 5.86. The van der Waals surface area contributed by atoms with Gasteiger partial charge < -0.3 is 5.32 Å². The largest absolute Gasteiger partial charge is 0.365 e. The molecule has 0 amide bonds. The molecule has 100 valence electrons. The lowest BCUT2D eigenvalue weighted by Crippen LogP contribution is -2.26. The number of aromatic nitrogens is 2. The van der Waals surface area contributed by atoms with Gasteiger partial charge in [-0.3, -0.25) is 0 Å². The van der Waals surface area contributed by atoms with Gasteiger partial charge in [0.05, 0.1) is 0 Å². The Morgan fingerprint density at radius 2 is 1.95 bits per heavy atom. The molecule has 2 aromatic rings. The predicted octanol–water partition coefficient (Wildman–Crippen LogP) is 4.27. The summed E-state index contributed by atoms with van der Waals surface area (Å²) in [6.07, 6.45) is 5.05. The molecule has 1 N–H and O–H groups in total. The maximum absolute atomic E-state index is 6.09. The van der Waals surface area contributed by atoms with E-state index in [-0.39, 0.29) is 0 Å². The van der Waals surface area contributed by atoms with Gasteiger partial charge in [-0.2, -0.15) is 0 Å². The van der Waals surface area contributed by atoms with Crippen molar-refractivity contribution in [3.63, 3.8) is 0 Å². The minimum absolute atomic E-state index is 0.471. The molecule has 0 radical (unpaired) electrons. The number of nitrogens with zero attached hydrogens (tertiary/aromatic N) is 2. The smallest absolute Gasteiger partial charge is 0.159 e. The highest BCUT2D eigenvalue weighted by atomic mass is 35.5. The summed E-state index contributed by atoms with van der Waals surface area (Å²) in [5, 5.41) is 14.3. The van der Waals surface area contributed by atoms with Crippen molar-refractivity contribution in [2.45, 2.75) is 38.6 Å². The van der Waals surface area contributed by atoms with E-state index in [0.717, 1.165) is 22.5 Å². The van der Waals surface area contributed by atoms with Gasteiger partial charge in [-0.25, -0.2) is 0 Å². The highest BCUT2D eigenvalue weighted by Gasteiger charge is 2.20. The average Bonchev–Trinajstić information content (AvgIpc) is 2.42. The molecule has 1 fully saturated rings. The van der Waals surface area contributed by atoms with Crippen LogP contribution in [0.4, 0.5) is 5.82 Å². The second kappa shape index (κ2) is 5.33. The highest BCUT2D eigenvalue weighted by Crippen LogP contribution is 2.29. The molecule has 2 unspecified atom stereocenters. The number of hydrogen-bond donors (Lipinski definition) is 1. The van der Waals surface area contributed by atoms with Crippen molar-refractivity contribution in [2.24, 2.45) is 5.92 Å². The van der Waals surface area contributed by atoms with Crippen LogP contribution in [0.1, 0.15) is 32.6 Å². The van der Waals surface area contributed by atoms with Gasteiger partial charge >= 0.3 is 0 Å². The van der Waals surface area contributed by atoms with Crippen LogP contribution in [-0.2, 0) is 0 Å². The molecule has 1 aromatic carbocycles. The summed E-state index contributed by atoms with van der Waals surface area (Å²) in [4.78, 5) is 0. The van der Waals surface area contributed by atoms with E-state index >= 15 is 0 Å². The number of halogens is 1. The number of fused-ring (bicyclic) bond motifs is 1. The topological polar surface area (TPSA) is 37.8 Å². The Kier molecular flexibility index (Phi) is 3.56. The molecule has 1 aliphatic rings. The lowest BCUT2D eigenvalue weighted by atomic mass is 9.87. The van der Waals surface area contributed by atoms with Crippen LogP contribution in [0.15, 0.2) is 24.3 Å². The summed E-state index contributed by atoms with van der Waals surface area (Å²) in [6, 6.07) is 8.52. The van der Waals surface area contributed by atoms with Crippen molar-refractivity contribution in [1.82, 2.24) is 10.2 Å². The van der Waals surface area contributed by atoms with Crippen LogP contribution in [0.2, 0.25) is 5.15 Å². The third-order valence-corrected chi connectivity index (χ3v) is 4.20. The summed E-state index contributed by atoms with van der Waals surface area (Å²) < 4.78 is 0. The van der Waals surface area contributed by atoms with Crippen LogP contribution < -0.4 is 5.32 Å². The maximum atomic E-state index is 6.09. The molecular weight excluding hydrogens is 258 g/mol. The molecule has 2 atom stereocenters. The summed E-state index contributed by atoms with van der Waals surface area (Å²) in [6.45, 7) is 2.32. The fourth-order valence-electron chi connectivity index (χ4n) is 2.94. The standard InChI is InChI=1S/C15H18ClN3/c1-10-5-4-6-11(9-10)17-15-13-8-3-2-7-12(13)14(16)18-19-15/h2-3,7-8,10-11H,4-6,9H2,1H3,(H,17,19).